The van der Waals surface area contributed by atoms with Gasteiger partial charge in [0.15, 0.2) is 0 Å². The number of benzene rings is 2. The van der Waals surface area contributed by atoms with Crippen molar-refractivity contribution in [1.82, 2.24) is 20.5 Å². The maximum Gasteiger partial charge on any atom is 0.410 e. The van der Waals surface area contributed by atoms with Gasteiger partial charge in [-0.15, -0.1) is 0 Å². The van der Waals surface area contributed by atoms with Crippen LogP contribution in [0.3, 0.4) is 0 Å². The topological polar surface area (TPSA) is 98.6 Å². The highest BCUT2D eigenvalue weighted by Crippen LogP contribution is 2.21. The zero-order valence-electron chi connectivity index (χ0n) is 23.3. The number of likely N-dealkylation sites (tertiary alicyclic amines) is 1. The molecule has 2 aromatic rings. The van der Waals surface area contributed by atoms with Gasteiger partial charge in [-0.25, -0.2) is 4.79 Å². The van der Waals surface area contributed by atoms with Crippen LogP contribution in [0.15, 0.2) is 87.6 Å². The smallest absolute Gasteiger partial charge is 0.410 e. The predicted molar refractivity (Wildman–Crippen MR) is 163 cm³/mol. The summed E-state index contributed by atoms with van der Waals surface area (Å²) < 4.78 is 6.16. The number of nitrogens with one attached hydrogen (secondary N) is 2. The minimum atomic E-state index is -0.290. The number of carbonyl (C=O) groups excluding carboxylic acids is 2. The van der Waals surface area contributed by atoms with E-state index in [0.717, 1.165) is 35.5 Å². The zero-order chi connectivity index (χ0) is 28.9. The molecule has 0 spiro atoms. The van der Waals surface area contributed by atoms with Gasteiger partial charge in [-0.3, -0.25) is 14.8 Å². The first-order valence-corrected chi connectivity index (χ1v) is 13.9. The first-order chi connectivity index (χ1) is 19.3. The lowest BCUT2D eigenvalue weighted by Gasteiger charge is -2.31. The molecular formula is C30H37BrN6O3. The van der Waals surface area contributed by atoms with Gasteiger partial charge >= 0.3 is 6.09 Å². The van der Waals surface area contributed by atoms with Crippen LogP contribution in [0.5, 0.6) is 0 Å². The van der Waals surface area contributed by atoms with Crippen LogP contribution in [0.25, 0.3) is 0 Å². The number of ether oxygens (including phenoxy) is 1. The van der Waals surface area contributed by atoms with E-state index < -0.39 is 0 Å². The number of halogens is 1. The van der Waals surface area contributed by atoms with Gasteiger partial charge < -0.3 is 20.3 Å². The minimum absolute atomic E-state index is 0.122. The van der Waals surface area contributed by atoms with E-state index in [2.05, 4.69) is 43.2 Å². The van der Waals surface area contributed by atoms with Crippen LogP contribution < -0.4 is 10.6 Å². The van der Waals surface area contributed by atoms with E-state index in [1.807, 2.05) is 55.6 Å². The monoisotopic (exact) mass is 608 g/mol. The van der Waals surface area contributed by atoms with Crippen LogP contribution in [-0.4, -0.2) is 68.1 Å². The van der Waals surface area contributed by atoms with E-state index in [9.17, 15) is 9.59 Å². The first kappa shape index (κ1) is 30.6. The highest BCUT2D eigenvalue weighted by Gasteiger charge is 2.26. The van der Waals surface area contributed by atoms with E-state index in [-0.39, 0.29) is 24.5 Å². The number of aliphatic imine (C=N–C) groups is 1. The summed E-state index contributed by atoms with van der Waals surface area (Å²) in [5.74, 6) is 0.824. The molecule has 1 saturated heterocycles. The molecule has 0 aromatic heterocycles. The van der Waals surface area contributed by atoms with Gasteiger partial charge in [0.05, 0.1) is 6.21 Å². The predicted octanol–water partition coefficient (Wildman–Crippen LogP) is 4.92. The number of rotatable bonds is 11. The van der Waals surface area contributed by atoms with Crippen molar-refractivity contribution in [2.45, 2.75) is 26.0 Å². The first-order valence-electron chi connectivity index (χ1n) is 13.1. The van der Waals surface area contributed by atoms with E-state index in [4.69, 9.17) is 4.74 Å². The molecule has 0 radical (unpaired) electrons. The summed E-state index contributed by atoms with van der Waals surface area (Å²) in [7, 11) is 5.24. The Balaban J connectivity index is 1.65. The lowest BCUT2D eigenvalue weighted by atomic mass is 9.91. The third-order valence-corrected chi connectivity index (χ3v) is 6.76. The molecule has 2 amide bonds. The van der Waals surface area contributed by atoms with Gasteiger partial charge in [-0.05, 0) is 52.0 Å². The lowest BCUT2D eigenvalue weighted by Crippen LogP contribution is -2.40. The summed E-state index contributed by atoms with van der Waals surface area (Å²) in [6, 6.07) is 17.1. The number of hydrogen-bond donors (Lipinski definition) is 2. The molecular weight excluding hydrogens is 572 g/mol. The summed E-state index contributed by atoms with van der Waals surface area (Å²) in [6.45, 7) is 5.80. The second-order valence-corrected chi connectivity index (χ2v) is 10.3. The van der Waals surface area contributed by atoms with Crippen LogP contribution in [-0.2, 0) is 17.9 Å². The van der Waals surface area contributed by atoms with Crippen molar-refractivity contribution in [2.75, 3.05) is 34.2 Å². The quantitative estimate of drug-likeness (QED) is 0.279. The van der Waals surface area contributed by atoms with Gasteiger partial charge in [0.25, 0.3) is 5.91 Å². The van der Waals surface area contributed by atoms with Crippen molar-refractivity contribution in [2.24, 2.45) is 16.0 Å². The molecule has 0 saturated carbocycles. The van der Waals surface area contributed by atoms with Gasteiger partial charge in [-0.2, -0.15) is 5.10 Å². The van der Waals surface area contributed by atoms with E-state index >= 15 is 0 Å². The molecule has 0 aliphatic carbocycles. The summed E-state index contributed by atoms with van der Waals surface area (Å²) in [5, 5.41) is 12.3. The summed E-state index contributed by atoms with van der Waals surface area (Å²) in [5.41, 5.74) is 3.51. The second kappa shape index (κ2) is 15.6. The van der Waals surface area contributed by atoms with Crippen LogP contribution in [0, 0.1) is 5.92 Å². The van der Waals surface area contributed by atoms with E-state index in [1.54, 1.807) is 42.4 Å². The Bertz CT molecular complexity index is 1240. The van der Waals surface area contributed by atoms with Crippen LogP contribution >= 0.6 is 15.9 Å². The molecule has 212 valence electrons. The van der Waals surface area contributed by atoms with Crippen molar-refractivity contribution >= 4 is 39.9 Å². The Morgan fingerprint density at radius 2 is 1.80 bits per heavy atom. The van der Waals surface area contributed by atoms with Crippen molar-refractivity contribution in [3.8, 4) is 0 Å². The summed E-state index contributed by atoms with van der Waals surface area (Å²) in [4.78, 5) is 30.8. The maximum atomic E-state index is 12.6. The van der Waals surface area contributed by atoms with Gasteiger partial charge in [0, 0.05) is 68.5 Å². The number of hydrazone groups is 1. The van der Waals surface area contributed by atoms with Gasteiger partial charge in [0.2, 0.25) is 0 Å². The molecule has 40 heavy (non-hydrogen) atoms. The number of hydrogen-bond acceptors (Lipinski definition) is 7. The normalized spacial score (nSPS) is 14.7. The molecule has 2 N–H and O–H groups in total. The molecule has 9 nitrogen and oxygen atoms in total. The van der Waals surface area contributed by atoms with Crippen molar-refractivity contribution in [1.29, 1.82) is 0 Å². The highest BCUT2D eigenvalue weighted by molar-refractivity contribution is 9.12. The Labute approximate surface area is 244 Å². The third-order valence-electron chi connectivity index (χ3n) is 6.56. The largest absolute Gasteiger partial charge is 0.445 e. The number of amides is 2. The molecule has 1 heterocycles. The highest BCUT2D eigenvalue weighted by atomic mass is 79.9. The average molecular weight is 610 g/mol. The molecule has 1 aliphatic heterocycles. The maximum absolute atomic E-state index is 12.6. The molecule has 1 aliphatic rings. The van der Waals surface area contributed by atoms with Gasteiger partial charge in [-0.1, -0.05) is 49.0 Å². The number of piperidine rings is 1. The van der Waals surface area contributed by atoms with Crippen molar-refractivity contribution in [3.05, 3.63) is 94.2 Å². The minimum Gasteiger partial charge on any atom is -0.445 e. The second-order valence-electron chi connectivity index (χ2n) is 9.32. The van der Waals surface area contributed by atoms with Crippen LogP contribution in [0.1, 0.15) is 34.3 Å². The molecule has 2 aromatic carbocycles. The SMILES string of the molecule is C=C(Br)/C=N\N(C)/C(=C\C(=N/C)C1CCN(C(=O)OCc2ccccc2)CC1)NCc1ccc(C(=O)NC)cc1. The molecule has 3 rings (SSSR count). The van der Waals surface area contributed by atoms with Crippen molar-refractivity contribution < 1.29 is 14.3 Å². The molecule has 0 atom stereocenters. The van der Waals surface area contributed by atoms with Crippen LogP contribution in [0.2, 0.25) is 0 Å². The number of carbonyl (C=O) groups is 2. The molecule has 1 fully saturated rings. The fourth-order valence-corrected chi connectivity index (χ4v) is 4.35. The fraction of sp³-hybridized carbons (Fsp3) is 0.333. The molecule has 10 heteroatoms. The Kier molecular flexibility index (Phi) is 12.0. The Hall–Kier alpha value is -3.92. The van der Waals surface area contributed by atoms with Gasteiger partial charge in [0.1, 0.15) is 12.4 Å². The third kappa shape index (κ3) is 9.37. The van der Waals surface area contributed by atoms with E-state index in [0.29, 0.717) is 29.7 Å². The van der Waals surface area contributed by atoms with Crippen LogP contribution in [0.4, 0.5) is 4.79 Å². The number of nitrogens with zero attached hydrogens (tertiary/aromatic N) is 4. The standard InChI is InChI=1S/C30H37BrN6O3/c1-22(31)19-35-36(4)28(34-20-23-10-12-26(13-11-23)29(38)33-3)18-27(32-2)25-14-16-37(17-15-25)30(39)40-21-24-8-6-5-7-9-24/h5-13,18-19,25,34H,1,14-17,20-21H2,2-4H3,(H,33,38)/b28-18-,32-27+,35-19-. The van der Waals surface area contributed by atoms with E-state index in [1.165, 1.54) is 0 Å². The zero-order valence-corrected chi connectivity index (χ0v) is 24.9. The number of allylic oxidation sites excluding steroid dienone is 2. The average Bonchev–Trinajstić information content (AvgIpc) is 2.99. The molecule has 0 bridgehead atoms. The summed E-state index contributed by atoms with van der Waals surface area (Å²) in [6.07, 6.45) is 4.89. The Morgan fingerprint density at radius 1 is 1.12 bits per heavy atom. The lowest BCUT2D eigenvalue weighted by molar-refractivity contribution is 0.0864. The van der Waals surface area contributed by atoms with Crippen molar-refractivity contribution in [3.63, 3.8) is 0 Å². The Morgan fingerprint density at radius 3 is 2.40 bits per heavy atom. The fourth-order valence-electron chi connectivity index (χ4n) is 4.25. The molecule has 0 unspecified atom stereocenters. The summed E-state index contributed by atoms with van der Waals surface area (Å²) >= 11 is 3.31.